The number of nitrogens with zero attached hydrogens (tertiary/aromatic N) is 3. The van der Waals surface area contributed by atoms with Crippen LogP contribution in [0.1, 0.15) is 0 Å². The predicted octanol–water partition coefficient (Wildman–Crippen LogP) is 3.79. The molecule has 0 bridgehead atoms. The van der Waals surface area contributed by atoms with Crippen molar-refractivity contribution in [3.63, 3.8) is 0 Å². The highest BCUT2D eigenvalue weighted by atomic mass is 35.5. The maximum atomic E-state index is 12.6. The number of alkyl halides is 3. The zero-order valence-corrected chi connectivity index (χ0v) is 15.7. The van der Waals surface area contributed by atoms with Crippen molar-refractivity contribution in [2.24, 2.45) is 5.11 Å². The van der Waals surface area contributed by atoms with Crippen LogP contribution >= 0.6 is 35.0 Å². The van der Waals surface area contributed by atoms with Crippen molar-refractivity contribution in [1.82, 2.24) is 0 Å². The number of hydrogen-bond donors (Lipinski definition) is 2. The molecule has 0 spiro atoms. The van der Waals surface area contributed by atoms with Crippen LogP contribution < -0.4 is 0 Å². The topological polar surface area (TPSA) is 108 Å². The number of hydrogen-bond acceptors (Lipinski definition) is 6. The zero-order chi connectivity index (χ0) is 20.2. The molecule has 1 saturated heterocycles. The zero-order valence-electron chi connectivity index (χ0n) is 13.4. The summed E-state index contributed by atoms with van der Waals surface area (Å²) in [5.74, 6) is 0. The van der Waals surface area contributed by atoms with Crippen LogP contribution in [0.2, 0.25) is 10.0 Å². The Morgan fingerprint density at radius 2 is 2.04 bits per heavy atom. The van der Waals surface area contributed by atoms with Gasteiger partial charge in [0, 0.05) is 9.81 Å². The summed E-state index contributed by atoms with van der Waals surface area (Å²) in [6.45, 7) is -2.27. The molecule has 7 nitrogen and oxygen atoms in total. The maximum Gasteiger partial charge on any atom is 0.411 e. The molecular formula is C14H14Cl2F3N3O4S. The van der Waals surface area contributed by atoms with Gasteiger partial charge in [-0.2, -0.15) is 13.2 Å². The Morgan fingerprint density at radius 3 is 2.59 bits per heavy atom. The summed E-state index contributed by atoms with van der Waals surface area (Å²) in [4.78, 5) is 3.05. The Hall–Kier alpha value is -0.910. The van der Waals surface area contributed by atoms with E-state index in [-0.39, 0.29) is 10.0 Å². The number of thioether (sulfide) groups is 1. The number of rotatable bonds is 6. The minimum Gasteiger partial charge on any atom is -0.394 e. The Balaban J connectivity index is 2.31. The molecule has 5 atom stereocenters. The van der Waals surface area contributed by atoms with Gasteiger partial charge in [-0.15, -0.1) is 0 Å². The van der Waals surface area contributed by atoms with Crippen LogP contribution in [0.3, 0.4) is 0 Å². The van der Waals surface area contributed by atoms with Crippen molar-refractivity contribution in [1.29, 1.82) is 0 Å². The minimum absolute atomic E-state index is 0.218. The lowest BCUT2D eigenvalue weighted by Crippen LogP contribution is -2.58. The lowest BCUT2D eigenvalue weighted by molar-refractivity contribution is -0.223. The first-order chi connectivity index (χ1) is 12.7. The second-order valence-electron chi connectivity index (χ2n) is 5.50. The number of ether oxygens (including phenoxy) is 2. The summed E-state index contributed by atoms with van der Waals surface area (Å²) in [6.07, 6.45) is -8.79. The van der Waals surface area contributed by atoms with E-state index in [9.17, 15) is 23.4 Å². The summed E-state index contributed by atoms with van der Waals surface area (Å²) >= 11 is 12.7. The normalized spacial score (nSPS) is 28.6. The lowest BCUT2D eigenvalue weighted by Gasteiger charge is -2.42. The van der Waals surface area contributed by atoms with E-state index in [2.05, 4.69) is 10.0 Å². The van der Waals surface area contributed by atoms with Gasteiger partial charge < -0.3 is 19.7 Å². The van der Waals surface area contributed by atoms with Crippen LogP contribution in [-0.4, -0.2) is 59.4 Å². The van der Waals surface area contributed by atoms with Crippen LogP contribution in [0, 0.1) is 0 Å². The Kier molecular flexibility index (Phi) is 7.90. The molecule has 1 aromatic carbocycles. The molecule has 3 unspecified atom stereocenters. The molecule has 0 radical (unpaired) electrons. The van der Waals surface area contributed by atoms with E-state index < -0.39 is 49.2 Å². The second kappa shape index (κ2) is 9.53. The highest BCUT2D eigenvalue weighted by Gasteiger charge is 2.47. The van der Waals surface area contributed by atoms with Gasteiger partial charge in [-0.3, -0.25) is 0 Å². The van der Waals surface area contributed by atoms with Crippen molar-refractivity contribution in [3.05, 3.63) is 38.7 Å². The van der Waals surface area contributed by atoms with Crippen LogP contribution in [0.15, 0.2) is 28.2 Å². The van der Waals surface area contributed by atoms with E-state index in [1.54, 1.807) is 6.07 Å². The van der Waals surface area contributed by atoms with Gasteiger partial charge in [-0.05, 0) is 23.7 Å². The van der Waals surface area contributed by atoms with Crippen molar-refractivity contribution in [2.75, 3.05) is 13.2 Å². The fourth-order valence-electron chi connectivity index (χ4n) is 2.40. The number of aliphatic hydroxyl groups is 2. The van der Waals surface area contributed by atoms with Crippen molar-refractivity contribution in [3.8, 4) is 0 Å². The van der Waals surface area contributed by atoms with E-state index >= 15 is 0 Å². The number of aliphatic hydroxyl groups excluding tert-OH is 2. The maximum absolute atomic E-state index is 12.6. The minimum atomic E-state index is -4.64. The molecule has 27 heavy (non-hydrogen) atoms. The summed E-state index contributed by atoms with van der Waals surface area (Å²) in [5.41, 5.74) is 7.59. The lowest BCUT2D eigenvalue weighted by atomic mass is 9.98. The van der Waals surface area contributed by atoms with Crippen LogP contribution in [0.4, 0.5) is 13.2 Å². The van der Waals surface area contributed by atoms with Crippen molar-refractivity contribution >= 4 is 35.0 Å². The van der Waals surface area contributed by atoms with Crippen LogP contribution in [0.5, 0.6) is 0 Å². The molecule has 0 aliphatic carbocycles. The van der Waals surface area contributed by atoms with Gasteiger partial charge in [0.25, 0.3) is 0 Å². The molecule has 1 aromatic rings. The third-order valence-electron chi connectivity index (χ3n) is 3.59. The summed E-state index contributed by atoms with van der Waals surface area (Å²) < 4.78 is 48.2. The Morgan fingerprint density at radius 1 is 1.33 bits per heavy atom. The van der Waals surface area contributed by atoms with Gasteiger partial charge in [-0.1, -0.05) is 40.1 Å². The quantitative estimate of drug-likeness (QED) is 0.391. The van der Waals surface area contributed by atoms with E-state index in [1.165, 1.54) is 12.1 Å². The third kappa shape index (κ3) is 6.03. The Bertz CT molecular complexity index is 709. The van der Waals surface area contributed by atoms with E-state index in [4.69, 9.17) is 38.2 Å². The molecule has 2 rings (SSSR count). The van der Waals surface area contributed by atoms with Crippen molar-refractivity contribution < 1.29 is 32.9 Å². The first-order valence-corrected chi connectivity index (χ1v) is 9.08. The summed E-state index contributed by atoms with van der Waals surface area (Å²) in [7, 11) is 0. The Labute approximate surface area is 166 Å². The van der Waals surface area contributed by atoms with Gasteiger partial charge in [0.05, 0.1) is 28.8 Å². The second-order valence-corrected chi connectivity index (χ2v) is 7.48. The van der Waals surface area contributed by atoms with Crippen molar-refractivity contribution in [2.45, 2.75) is 40.9 Å². The molecule has 1 fully saturated rings. The van der Waals surface area contributed by atoms with Gasteiger partial charge in [-0.25, -0.2) is 0 Å². The van der Waals surface area contributed by atoms with Gasteiger partial charge in [0.2, 0.25) is 0 Å². The largest absolute Gasteiger partial charge is 0.411 e. The fourth-order valence-corrected chi connectivity index (χ4v) is 3.93. The number of halogens is 5. The molecule has 0 saturated carbocycles. The molecule has 1 aliphatic rings. The number of azide groups is 1. The molecular weight excluding hydrogens is 434 g/mol. The van der Waals surface area contributed by atoms with E-state index in [0.717, 1.165) is 11.8 Å². The molecule has 0 amide bonds. The number of benzene rings is 1. The molecule has 2 N–H and O–H groups in total. The smallest absolute Gasteiger partial charge is 0.394 e. The highest BCUT2D eigenvalue weighted by Crippen LogP contribution is 2.38. The first-order valence-electron chi connectivity index (χ1n) is 7.45. The summed E-state index contributed by atoms with van der Waals surface area (Å²) in [5, 5.41) is 23.4. The molecule has 150 valence electrons. The standard InChI is InChI=1S/C14H14Cl2F3N3O4S/c15-7-2-1-6(3-8(7)16)27-13-12(25-5-14(17,18)19)10(21-22-20)11(24)9(4-23)26-13/h1-3,9-13,23-24H,4-5H2/t9?,10?,11-,12?,13+/m0/s1. The van der Waals surface area contributed by atoms with Crippen LogP contribution in [-0.2, 0) is 9.47 Å². The van der Waals surface area contributed by atoms with Gasteiger partial charge in [0.15, 0.2) is 0 Å². The van der Waals surface area contributed by atoms with E-state index in [0.29, 0.717) is 4.90 Å². The fraction of sp³-hybridized carbons (Fsp3) is 0.571. The molecule has 13 heteroatoms. The highest BCUT2D eigenvalue weighted by molar-refractivity contribution is 7.99. The van der Waals surface area contributed by atoms with Gasteiger partial charge >= 0.3 is 6.18 Å². The van der Waals surface area contributed by atoms with E-state index in [1.807, 2.05) is 0 Å². The SMILES string of the molecule is [N-]=[N+]=NC1C(OCC(F)(F)F)[C@@H](Sc2ccc(Cl)c(Cl)c2)OC(CO)[C@@H]1O. The summed E-state index contributed by atoms with van der Waals surface area (Å²) in [6, 6.07) is 3.12. The molecule has 0 aromatic heterocycles. The predicted molar refractivity (Wildman–Crippen MR) is 92.8 cm³/mol. The third-order valence-corrected chi connectivity index (χ3v) is 5.47. The molecule has 1 heterocycles. The monoisotopic (exact) mass is 447 g/mol. The van der Waals surface area contributed by atoms with Crippen LogP contribution in [0.25, 0.3) is 10.4 Å². The first kappa shape index (κ1) is 22.4. The van der Waals surface area contributed by atoms with Gasteiger partial charge in [0.1, 0.15) is 24.3 Å². The molecule has 1 aliphatic heterocycles. The average molecular weight is 448 g/mol. The average Bonchev–Trinajstić information content (AvgIpc) is 2.59.